The molecule has 12 rings (SSSR count). The predicted molar refractivity (Wildman–Crippen MR) is 325 cm³/mol. The topological polar surface area (TPSA) is 220 Å². The number of likely N-dealkylation sites (N-methyl/N-ethyl adjacent to an activating group) is 1. The van der Waals surface area contributed by atoms with Crippen molar-refractivity contribution in [3.8, 4) is 11.5 Å². The van der Waals surface area contributed by atoms with Crippen LogP contribution in [0, 0.1) is 52.3 Å². The fraction of sp³-hybridized carbons (Fsp3) is 0.738. The number of aliphatic imine (C=N–C) groups is 1. The molecule has 6 fully saturated rings. The first kappa shape index (κ1) is 58.6. The maximum Gasteiger partial charge on any atom is 0.189 e. The van der Waals surface area contributed by atoms with Crippen molar-refractivity contribution < 1.29 is 29.6 Å². The zero-order valence-corrected chi connectivity index (χ0v) is 50.2. The van der Waals surface area contributed by atoms with E-state index in [0.29, 0.717) is 78.6 Å². The highest BCUT2D eigenvalue weighted by Crippen LogP contribution is 2.73. The number of benzene rings is 1. The van der Waals surface area contributed by atoms with Gasteiger partial charge in [0, 0.05) is 89.8 Å². The number of aromatic amines is 1. The number of rotatable bonds is 19. The predicted octanol–water partition coefficient (Wildman–Crippen LogP) is 10.7. The van der Waals surface area contributed by atoms with E-state index in [0.717, 1.165) is 72.1 Å². The van der Waals surface area contributed by atoms with E-state index in [1.807, 2.05) is 53.8 Å². The summed E-state index contributed by atoms with van der Waals surface area (Å²) in [5.41, 5.74) is 19.1. The van der Waals surface area contributed by atoms with Crippen molar-refractivity contribution in [3.05, 3.63) is 82.1 Å². The van der Waals surface area contributed by atoms with Gasteiger partial charge in [0.15, 0.2) is 17.5 Å². The molecule has 2 spiro atoms. The third-order valence-electron chi connectivity index (χ3n) is 22.0. The van der Waals surface area contributed by atoms with Crippen molar-refractivity contribution in [2.75, 3.05) is 38.2 Å². The van der Waals surface area contributed by atoms with Gasteiger partial charge in [0.1, 0.15) is 24.2 Å². The number of furan rings is 1. The van der Waals surface area contributed by atoms with E-state index in [1.54, 1.807) is 6.07 Å². The smallest absolute Gasteiger partial charge is 0.189 e. The van der Waals surface area contributed by atoms with Gasteiger partial charge in [-0.05, 0) is 180 Å². The molecule has 8 aliphatic carbocycles. The third-order valence-corrected chi connectivity index (χ3v) is 24.5. The van der Waals surface area contributed by atoms with Gasteiger partial charge in [-0.15, -0.1) is 0 Å². The lowest BCUT2D eigenvalue weighted by Gasteiger charge is -2.53. The molecule has 0 radical (unpaired) electrons. The highest BCUT2D eigenvalue weighted by Gasteiger charge is 2.65. The van der Waals surface area contributed by atoms with Crippen LogP contribution in [0.1, 0.15) is 193 Å². The van der Waals surface area contributed by atoms with Crippen LogP contribution in [0.3, 0.4) is 0 Å². The van der Waals surface area contributed by atoms with Crippen molar-refractivity contribution >= 4 is 27.5 Å². The Hall–Kier alpha value is -3.15. The summed E-state index contributed by atoms with van der Waals surface area (Å²) < 4.78 is 12.9. The molecule has 15 heteroatoms. The number of aromatic hydroxyl groups is 1. The van der Waals surface area contributed by atoms with Crippen molar-refractivity contribution in [2.24, 2.45) is 68.7 Å². The molecule has 1 aromatic carbocycles. The molecule has 5 saturated carbocycles. The fourth-order valence-corrected chi connectivity index (χ4v) is 21.0. The number of allylic oxidation sites excluding steroid dienone is 2. The number of nitrogens with zero attached hydrogens (tertiary/aromatic N) is 1. The first-order valence-corrected chi connectivity index (χ1v) is 34.3. The van der Waals surface area contributed by atoms with Crippen LogP contribution in [0.5, 0.6) is 11.5 Å². The van der Waals surface area contributed by atoms with Crippen LogP contribution in [0.25, 0.3) is 0 Å². The number of aliphatic hydroxyl groups excluding tert-OH is 3. The number of H-pyrrole nitrogens is 1. The normalized spacial score (nSPS) is 33.5. The number of nitrogens with two attached hydrogens (primary N) is 2. The summed E-state index contributed by atoms with van der Waals surface area (Å²) in [6.07, 6.45) is 29.1. The molecule has 442 valence electrons. The zero-order valence-electron chi connectivity index (χ0n) is 48.5. The van der Waals surface area contributed by atoms with E-state index in [9.17, 15) is 20.4 Å². The van der Waals surface area contributed by atoms with Gasteiger partial charge in [-0.3, -0.25) is 0 Å². The number of phenolic OH excluding ortho intramolecular Hbond substituents is 1. The summed E-state index contributed by atoms with van der Waals surface area (Å²) in [7, 11) is 6.02. The lowest BCUT2D eigenvalue weighted by molar-refractivity contribution is 0.0354. The van der Waals surface area contributed by atoms with Crippen LogP contribution in [0.2, 0.25) is 0 Å². The molecule has 3 heterocycles. The van der Waals surface area contributed by atoms with Gasteiger partial charge in [0.25, 0.3) is 0 Å². The van der Waals surface area contributed by atoms with Crippen LogP contribution in [0.4, 0.5) is 0 Å². The second kappa shape index (κ2) is 26.0. The largest absolute Gasteiger partial charge is 0.504 e. The Morgan fingerprint density at radius 3 is 2.51 bits per heavy atom. The van der Waals surface area contributed by atoms with Crippen LogP contribution in [0.15, 0.2) is 51.9 Å². The van der Waals surface area contributed by atoms with E-state index in [1.165, 1.54) is 114 Å². The Balaban J connectivity index is 0.716. The maximum absolute atomic E-state index is 12.0. The number of nitrogens with one attached hydrogen (secondary N) is 4. The van der Waals surface area contributed by atoms with E-state index in [2.05, 4.69) is 46.1 Å². The Morgan fingerprint density at radius 1 is 0.900 bits per heavy atom. The molecule has 13 nitrogen and oxygen atoms in total. The van der Waals surface area contributed by atoms with Crippen LogP contribution < -0.4 is 32.2 Å². The molecule has 1 aliphatic heterocycles. The van der Waals surface area contributed by atoms with Crippen molar-refractivity contribution in [2.45, 2.75) is 210 Å². The molecule has 6 bridgehead atoms. The van der Waals surface area contributed by atoms with Gasteiger partial charge in [-0.25, -0.2) is 4.99 Å². The lowest BCUT2D eigenvalue weighted by atomic mass is 9.52. The summed E-state index contributed by atoms with van der Waals surface area (Å²) in [4.78, 5) is 8.98. The van der Waals surface area contributed by atoms with Gasteiger partial charge in [0.2, 0.25) is 0 Å². The Bertz CT molecular complexity index is 2570. The Labute approximate surface area is 486 Å². The van der Waals surface area contributed by atoms with Gasteiger partial charge in [0.05, 0.1) is 18.8 Å². The maximum atomic E-state index is 12.0. The Kier molecular flexibility index (Phi) is 19.0. The highest BCUT2D eigenvalue weighted by atomic mass is 33.1. The quantitative estimate of drug-likeness (QED) is 0.0234. The number of hydrogen-bond acceptors (Lipinski definition) is 12. The van der Waals surface area contributed by atoms with Gasteiger partial charge in [-0.2, -0.15) is 0 Å². The minimum atomic E-state index is -0.937. The molecule has 3 aromatic rings. The highest BCUT2D eigenvalue weighted by molar-refractivity contribution is 8.76. The average molecular weight is 1140 g/mol. The molecule has 80 heavy (non-hydrogen) atoms. The number of ether oxygens (including phenoxy) is 1. The fourth-order valence-electron chi connectivity index (χ4n) is 18.1. The van der Waals surface area contributed by atoms with E-state index in [-0.39, 0.29) is 59.8 Å². The van der Waals surface area contributed by atoms with Crippen molar-refractivity contribution in [1.82, 2.24) is 20.9 Å². The van der Waals surface area contributed by atoms with E-state index >= 15 is 0 Å². The Morgan fingerprint density at radius 2 is 1.71 bits per heavy atom. The summed E-state index contributed by atoms with van der Waals surface area (Å²) >= 11 is 0. The molecule has 15 atom stereocenters. The second-order valence-corrected chi connectivity index (χ2v) is 29.4. The van der Waals surface area contributed by atoms with Crippen LogP contribution in [-0.2, 0) is 25.9 Å². The van der Waals surface area contributed by atoms with E-state index in [4.69, 9.17) is 25.6 Å². The summed E-state index contributed by atoms with van der Waals surface area (Å²) in [6, 6.07) is 10.8. The van der Waals surface area contributed by atoms with Crippen LogP contribution >= 0.6 is 21.6 Å². The van der Waals surface area contributed by atoms with Gasteiger partial charge >= 0.3 is 0 Å². The first-order valence-electron chi connectivity index (χ1n) is 31.8. The number of hydrogen-bond donors (Lipinski definition) is 10. The molecule has 2 aromatic heterocycles. The number of guanidine groups is 1. The van der Waals surface area contributed by atoms with Crippen molar-refractivity contribution in [1.29, 1.82) is 0 Å². The minimum Gasteiger partial charge on any atom is -0.504 e. The number of aryl methyl sites for hydroxylation is 3. The first-order chi connectivity index (χ1) is 38.9. The second-order valence-electron chi connectivity index (χ2n) is 26.8. The minimum absolute atomic E-state index is 0.00713. The number of aromatic nitrogens is 1. The zero-order chi connectivity index (χ0) is 55.5. The van der Waals surface area contributed by atoms with Gasteiger partial charge in [-0.1, -0.05) is 91.7 Å². The average Bonchev–Trinajstić information content (AvgIpc) is 2.25. The monoisotopic (exact) mass is 1140 g/mol. The standard InChI is InChI=1S/C65H99N7O6S2/c1-39-13-19-47-43-28-41(15-20-48(47)50(52(66)31-43)37-79-80-38-55(39)72-63(67)70-45-10-5-4-6-11-45)17-22-58-44(35-73)30-46(78-58)18-14-42-16-21-56(75)59(29-42)77-36-57(76)53-32-49-61(54(34-68-3)69-33-40(2)74)65-26-9-12-60(65)64(24-7-8-25-64)51(23-27-65)62(49)71-53/h16,21,23,27,29-30,32,39-41,43,45,47-48,50-52,54-55,57,60-61,68-69,71,73-76H,4-15,17-20,22,24-26,28,31,33-38,66H2,1-3H3,(H3,67,70,72)/t39-,40-,41-,43+,47-,48+,50+,51+,52+,54-,55+,57-,60+,61+,65+/m0/s1. The number of aliphatic hydroxyl groups is 3. The molecular formula is C65H99N7O6S2. The molecule has 1 saturated heterocycles. The summed E-state index contributed by atoms with van der Waals surface area (Å²) in [6.45, 7) is 5.49. The molecule has 0 unspecified atom stereocenters. The SMILES string of the molecule is CNC[C@H](NC[C@H](C)O)[C@H]1c2cc([C@@H](O)COc3cc(CCc4cc(CO)c(CC[C@@H]5CC[C@H]6[C@H]7CSSC[C@@H](N=C(N)NC8CCCCC8)[C@@H](C)CC[C@H]6[C@H](C5)C[C@H]7N)o4)ccc3O)[nH]c2[C@H]2C=C[C@@]13CCC[C@@H]3C21CCCC1. The van der Waals surface area contributed by atoms with Crippen LogP contribution in [-0.4, -0.2) is 99.9 Å². The molecule has 0 amide bonds. The number of phenols is 1. The molecule has 12 N–H and O–H groups in total. The van der Waals surface area contributed by atoms with Crippen molar-refractivity contribution in [3.63, 3.8) is 0 Å². The summed E-state index contributed by atoms with van der Waals surface area (Å²) in [5, 5.41) is 55.0. The van der Waals surface area contributed by atoms with E-state index < -0.39 is 12.2 Å². The lowest BCUT2D eigenvalue weighted by Crippen LogP contribution is -2.52. The molecule has 9 aliphatic rings. The van der Waals surface area contributed by atoms with Gasteiger partial charge < -0.3 is 62.0 Å². The molecular weight excluding hydrogens is 1040 g/mol. The summed E-state index contributed by atoms with van der Waals surface area (Å²) in [5.74, 6) is 9.55. The third kappa shape index (κ3) is 12.3.